The summed E-state index contributed by atoms with van der Waals surface area (Å²) in [7, 11) is 0. The van der Waals surface area contributed by atoms with Crippen LogP contribution < -0.4 is 0 Å². The second-order valence-corrected chi connectivity index (χ2v) is 5.92. The Morgan fingerprint density at radius 2 is 0.913 bits per heavy atom. The van der Waals surface area contributed by atoms with Gasteiger partial charge in [-0.25, -0.2) is 28.5 Å². The first-order valence-electron chi connectivity index (χ1n) is 10.7. The van der Waals surface area contributed by atoms with E-state index in [1.54, 1.807) is 13.8 Å². The number of carboxylic acids is 2. The molecule has 0 spiro atoms. The largest absolute Gasteiger partial charge is 0.542 e. The summed E-state index contributed by atoms with van der Waals surface area (Å²) >= 11 is 0. The van der Waals surface area contributed by atoms with Gasteiger partial charge in [-0.05, 0) is 13.8 Å². The number of hydrogen-bond donors (Lipinski definition) is 4. The Kier molecular flexibility index (Phi) is 91.9. The van der Waals surface area contributed by atoms with Crippen LogP contribution in [0.2, 0.25) is 0 Å². The van der Waals surface area contributed by atoms with Crippen molar-refractivity contribution >= 4 is 48.8 Å². The number of carbonyl (C=O) groups excluding carboxylic acids is 6. The molecule has 0 heterocycles. The van der Waals surface area contributed by atoms with Gasteiger partial charge >= 0.3 is 36.2 Å². The molecule has 0 aliphatic carbocycles. The van der Waals surface area contributed by atoms with E-state index in [-0.39, 0.29) is 30.9 Å². The zero-order valence-electron chi connectivity index (χ0n) is 25.8. The summed E-state index contributed by atoms with van der Waals surface area (Å²) in [6.45, 7) is 4.83. The van der Waals surface area contributed by atoms with E-state index in [9.17, 15) is 41.1 Å². The van der Waals surface area contributed by atoms with Crippen LogP contribution in [0, 0.1) is 0 Å². The van der Waals surface area contributed by atoms with Gasteiger partial charge in [-0.15, -0.1) is 8.78 Å². The summed E-state index contributed by atoms with van der Waals surface area (Å²) in [5.74, 6) is -2.88. The van der Waals surface area contributed by atoms with Crippen molar-refractivity contribution in [2.24, 2.45) is 0 Å². The molecule has 268 valence electrons. The van der Waals surface area contributed by atoms with Crippen molar-refractivity contribution in [3.05, 3.63) is 0 Å². The van der Waals surface area contributed by atoms with Gasteiger partial charge < -0.3 is 43.9 Å². The molecule has 0 saturated heterocycles. The van der Waals surface area contributed by atoms with Gasteiger partial charge in [0.25, 0.3) is 0 Å². The molecule has 0 fully saturated rings. The molecule has 0 aromatic carbocycles. The number of rotatable bonds is 11. The zero-order valence-corrected chi connectivity index (χ0v) is 38.6. The Bertz CT molecular complexity index is 680. The van der Waals surface area contributed by atoms with Crippen LogP contribution in [-0.2, 0) is 52.5 Å². The van der Waals surface area contributed by atoms with Crippen LogP contribution in [0.25, 0.3) is 0 Å². The molecule has 24 heteroatoms. The molecule has 2 unspecified atom stereocenters. The van der Waals surface area contributed by atoms with Gasteiger partial charge in [0.1, 0.15) is 32.2 Å². The normalized spacial score (nSPS) is 8.83. The van der Waals surface area contributed by atoms with E-state index in [1.165, 1.54) is 40.3 Å². The molecule has 0 rings (SSSR count). The molecule has 0 bridgehead atoms. The number of esters is 2. The Labute approximate surface area is 247 Å². The molecule has 0 aromatic rings. The second-order valence-electron chi connectivity index (χ2n) is 5.92. The van der Waals surface area contributed by atoms with Gasteiger partial charge in [-0.2, -0.15) is 18.2 Å². The fourth-order valence-corrected chi connectivity index (χ4v) is 1.45. The topological polar surface area (TPSA) is 254 Å². The number of aliphatic carboxylic acids is 2. The Hall–Kier alpha value is -6.02. The smallest absolute Gasteiger partial charge is 0.483 e. The average molecular weight is 1200 g/mol. The summed E-state index contributed by atoms with van der Waals surface area (Å²) in [6, 6.07) is -1.91. The van der Waals surface area contributed by atoms with Crippen molar-refractivity contribution in [1.29, 1.82) is 0 Å². The summed E-state index contributed by atoms with van der Waals surface area (Å²) in [5, 5.41) is 28.5. The van der Waals surface area contributed by atoms with Crippen molar-refractivity contribution in [2.45, 2.75) is 60.2 Å². The van der Waals surface area contributed by atoms with E-state index in [0.717, 1.165) is 0 Å². The molecule has 0 saturated carbocycles. The standard InChI is InChI=1S/C9H16O4.C5H8O6.C2H2F2O.2C2H3O.CF2O.CH3FO.FHO.2Rf/c1-6(12-8(3)10)5-7(2)13-9(4)11;6-4(7)1-10-3-11-2-5(8)9;3-1-2(4)5;2*1-2-3;2-1(3)4;2-1-3;1-2;;/h6-7H,5H2,1-4H3;1-3H2,(H,6,7)(H,8,9);1H2;2*1H3;;3H,1H2;2H;;/q;;;2*-1;;;;;. The maximum atomic E-state index is 10.5. The Balaban J connectivity index is -0.0000000441. The van der Waals surface area contributed by atoms with Gasteiger partial charge in [-0.3, -0.25) is 27.0 Å². The minimum atomic E-state index is -2.83. The number of carbonyl (C=O) groups is 6. The number of aliphatic hydroxyl groups excluding tert-OH is 1. The predicted molar refractivity (Wildman–Crippen MR) is 133 cm³/mol. The van der Waals surface area contributed by atoms with E-state index in [0.29, 0.717) is 6.42 Å². The number of alkyl halides is 2. The number of hydrogen-bond acceptors (Lipinski definition) is 14. The SMILES string of the molecule is CC(=O)OC(C)CC(C)OC(C)=O.C[C-]=O.C[C-]=O.O=C(F)CF.O=C(F)F.O=C(O)COCOCC(=O)O.OCF.OF.[Rf].[Rf]. The third-order valence-corrected chi connectivity index (χ3v) is 2.12. The van der Waals surface area contributed by atoms with Gasteiger partial charge in [0.2, 0.25) is 0 Å². The van der Waals surface area contributed by atoms with E-state index < -0.39 is 51.0 Å². The van der Waals surface area contributed by atoms with Gasteiger partial charge in [0.05, 0.1) is 0 Å². The first kappa shape index (κ1) is 67.6. The van der Waals surface area contributed by atoms with Crippen LogP contribution in [0.15, 0.2) is 0 Å². The molecule has 46 heavy (non-hydrogen) atoms. The summed E-state index contributed by atoms with van der Waals surface area (Å²) in [4.78, 5) is 74.9. The summed E-state index contributed by atoms with van der Waals surface area (Å²) in [5.41, 5.74) is 0. The van der Waals surface area contributed by atoms with Crippen LogP contribution in [-0.4, -0.2) is 115 Å². The maximum absolute atomic E-state index is 10.5. The molecular formula is C22H36F6O16Rf2-2. The second kappa shape index (κ2) is 62.6. The molecule has 4 N–H and O–H groups in total. The molecule has 0 aliphatic heterocycles. The molecule has 0 aromatic heterocycles. The van der Waals surface area contributed by atoms with Crippen LogP contribution in [0.5, 0.6) is 0 Å². The Morgan fingerprint density at radius 3 is 1.04 bits per heavy atom. The summed E-state index contributed by atoms with van der Waals surface area (Å²) in [6.07, 6.45) is 0.262. The number of ether oxygens (including phenoxy) is 4. The van der Waals surface area contributed by atoms with Crippen molar-refractivity contribution in [1.82, 2.24) is 0 Å². The van der Waals surface area contributed by atoms with Gasteiger partial charge in [0, 0.05) is 20.3 Å². The van der Waals surface area contributed by atoms with Gasteiger partial charge in [0.15, 0.2) is 13.5 Å². The zero-order chi connectivity index (χ0) is 37.1. The van der Waals surface area contributed by atoms with E-state index in [2.05, 4.69) is 9.47 Å². The fraction of sp³-hybridized carbons (Fsp3) is 0.636. The first-order valence-corrected chi connectivity index (χ1v) is 10.7. The number of halogens is 6. The minimum Gasteiger partial charge on any atom is -0.542 e. The molecular weight excluding hydrogens is 1170 g/mol. The Morgan fingerprint density at radius 1 is 0.717 bits per heavy atom. The molecule has 0 amide bonds. The van der Waals surface area contributed by atoms with E-state index in [4.69, 9.17) is 53.8 Å². The van der Waals surface area contributed by atoms with Gasteiger partial charge in [-0.1, -0.05) is 4.53 Å². The number of aliphatic hydroxyl groups is 1. The third-order valence-electron chi connectivity index (χ3n) is 2.12. The molecule has 2 atom stereocenters. The van der Waals surface area contributed by atoms with E-state index >= 15 is 0 Å². The first-order chi connectivity index (χ1) is 20.3. The molecule has 16 nitrogen and oxygen atoms in total. The average Bonchev–Trinajstić information content (AvgIpc) is 2.85. The van der Waals surface area contributed by atoms with Crippen LogP contribution in [0.4, 0.5) is 31.3 Å². The quantitative estimate of drug-likeness (QED) is 0.0576. The fourth-order valence-electron chi connectivity index (χ4n) is 1.45. The predicted octanol–water partition coefficient (Wildman–Crippen LogP) is 1.92. The van der Waals surface area contributed by atoms with Crippen LogP contribution >= 0.6 is 0 Å². The summed E-state index contributed by atoms with van der Waals surface area (Å²) < 4.78 is 77.0. The maximum Gasteiger partial charge on any atom is 0.483 e. The van der Waals surface area contributed by atoms with Crippen molar-refractivity contribution in [3.63, 3.8) is 0 Å². The molecule has 0 aliphatic rings. The minimum absolute atomic E-state index is 0. The van der Waals surface area contributed by atoms with Crippen molar-refractivity contribution in [2.75, 3.05) is 33.5 Å². The van der Waals surface area contributed by atoms with E-state index in [1.807, 2.05) is 0 Å². The molecule has 0 radical (unpaired) electrons. The van der Waals surface area contributed by atoms with Crippen LogP contribution in [0.1, 0.15) is 48.0 Å². The van der Waals surface area contributed by atoms with Crippen molar-refractivity contribution < 1.29 is 104 Å². The monoisotopic (exact) mass is 1200 g/mol. The third kappa shape index (κ3) is 203. The van der Waals surface area contributed by atoms with Crippen LogP contribution in [0.3, 0.4) is 0 Å². The number of carboxylic acid groups (broad SMARTS) is 2. The van der Waals surface area contributed by atoms with Crippen molar-refractivity contribution in [3.8, 4) is 0 Å².